The molecular formula is C29H29N. The van der Waals surface area contributed by atoms with Crippen LogP contribution in [0.25, 0.3) is 23.3 Å². The average Bonchev–Trinajstić information content (AvgIpc) is 2.75. The lowest BCUT2D eigenvalue weighted by atomic mass is 9.90. The Balaban J connectivity index is 2.85. The van der Waals surface area contributed by atoms with Crippen LogP contribution in [0.2, 0.25) is 0 Å². The maximum atomic E-state index is 4.97. The lowest BCUT2D eigenvalue weighted by Gasteiger charge is -2.18. The fourth-order valence-electron chi connectivity index (χ4n) is 3.15. The molecule has 0 radical (unpaired) electrons. The summed E-state index contributed by atoms with van der Waals surface area (Å²) >= 11 is 0. The van der Waals surface area contributed by atoms with Gasteiger partial charge in [-0.05, 0) is 72.4 Å². The lowest BCUT2D eigenvalue weighted by Crippen LogP contribution is -2.04. The maximum absolute atomic E-state index is 4.97. The Morgan fingerprint density at radius 3 is 2.53 bits per heavy atom. The normalized spacial score (nSPS) is 15.5. The van der Waals surface area contributed by atoms with E-state index < -0.39 is 0 Å². The molecule has 1 aliphatic carbocycles. The fraction of sp³-hybridized carbons (Fsp3) is 0.103. The third kappa shape index (κ3) is 5.67. The van der Waals surface area contributed by atoms with Gasteiger partial charge in [-0.25, -0.2) is 4.98 Å². The van der Waals surface area contributed by atoms with Gasteiger partial charge < -0.3 is 0 Å². The van der Waals surface area contributed by atoms with Crippen molar-refractivity contribution in [2.75, 3.05) is 0 Å². The van der Waals surface area contributed by atoms with Crippen LogP contribution < -0.4 is 0 Å². The first-order valence-corrected chi connectivity index (χ1v) is 9.88. The molecule has 1 aromatic rings. The summed E-state index contributed by atoms with van der Waals surface area (Å²) in [7, 11) is 0. The van der Waals surface area contributed by atoms with E-state index in [0.717, 1.165) is 56.8 Å². The summed E-state index contributed by atoms with van der Waals surface area (Å²) < 4.78 is 0. The number of rotatable bonds is 5. The van der Waals surface area contributed by atoms with Crippen molar-refractivity contribution < 1.29 is 0 Å². The number of hydrogen-bond acceptors (Lipinski definition) is 1. The molecule has 0 amide bonds. The van der Waals surface area contributed by atoms with E-state index >= 15 is 0 Å². The van der Waals surface area contributed by atoms with Crippen LogP contribution in [0.15, 0.2) is 104 Å². The summed E-state index contributed by atoms with van der Waals surface area (Å²) in [5.41, 5.74) is 11.3. The van der Waals surface area contributed by atoms with E-state index in [1.165, 1.54) is 0 Å². The Kier molecular flexibility index (Phi) is 8.11. The molecule has 0 atom stereocenters. The molecule has 1 aromatic heterocycles. The highest BCUT2D eigenvalue weighted by molar-refractivity contribution is 5.88. The van der Waals surface area contributed by atoms with Crippen LogP contribution in [0.5, 0.6) is 0 Å². The van der Waals surface area contributed by atoms with Crippen LogP contribution in [0, 0.1) is 6.92 Å². The minimum absolute atomic E-state index is 0.811. The van der Waals surface area contributed by atoms with Crippen molar-refractivity contribution in [3.63, 3.8) is 0 Å². The second-order valence-electron chi connectivity index (χ2n) is 6.97. The average molecular weight is 392 g/mol. The highest BCUT2D eigenvalue weighted by Gasteiger charge is 2.17. The molecular weight excluding hydrogens is 362 g/mol. The van der Waals surface area contributed by atoms with Gasteiger partial charge >= 0.3 is 0 Å². The predicted molar refractivity (Wildman–Crippen MR) is 135 cm³/mol. The number of aromatic nitrogens is 1. The summed E-state index contributed by atoms with van der Waals surface area (Å²) in [6, 6.07) is 0. The van der Waals surface area contributed by atoms with Crippen molar-refractivity contribution in [1.82, 2.24) is 4.98 Å². The van der Waals surface area contributed by atoms with Gasteiger partial charge in [0.05, 0.1) is 11.4 Å². The molecule has 1 heterocycles. The summed E-state index contributed by atoms with van der Waals surface area (Å²) in [5.74, 6) is 0. The van der Waals surface area contributed by atoms with Crippen molar-refractivity contribution >= 4 is 23.3 Å². The first-order chi connectivity index (χ1) is 14.4. The van der Waals surface area contributed by atoms with Gasteiger partial charge in [0.25, 0.3) is 0 Å². The zero-order valence-electron chi connectivity index (χ0n) is 18.0. The largest absolute Gasteiger partial charge is 0.248 e. The van der Waals surface area contributed by atoms with E-state index in [1.807, 2.05) is 55.5 Å². The Hall–Kier alpha value is -3.67. The molecule has 0 bridgehead atoms. The first kappa shape index (κ1) is 22.6. The molecule has 1 aliphatic rings. The van der Waals surface area contributed by atoms with Gasteiger partial charge in [0.15, 0.2) is 0 Å². The molecule has 0 aliphatic heterocycles. The van der Waals surface area contributed by atoms with Gasteiger partial charge in [0.2, 0.25) is 0 Å². The number of hydrogen-bond donors (Lipinski definition) is 0. The molecule has 30 heavy (non-hydrogen) atoms. The quantitative estimate of drug-likeness (QED) is 0.366. The number of pyridine rings is 1. The minimum atomic E-state index is 0.811. The van der Waals surface area contributed by atoms with E-state index in [-0.39, 0.29) is 0 Å². The van der Waals surface area contributed by atoms with Crippen LogP contribution in [0.4, 0.5) is 0 Å². The van der Waals surface area contributed by atoms with Crippen molar-refractivity contribution in [1.29, 1.82) is 0 Å². The lowest BCUT2D eigenvalue weighted by molar-refractivity contribution is 1.19. The topological polar surface area (TPSA) is 12.9 Å². The van der Waals surface area contributed by atoms with Gasteiger partial charge in [-0.2, -0.15) is 0 Å². The standard InChI is InChI=1S/C29H29N/c1-8-10-15-23(5)28-25(7)29-24(6)16-13-11-12-14-22(4)18-20-27(29)30-26(28)19-17-21(3)9-2/h8-9,12-20H,2-6,11H2,1,7H3/b14-12-,16-13?,19-17-,20-18-. The highest BCUT2D eigenvalue weighted by atomic mass is 14.7. The molecule has 1 heteroatoms. The van der Waals surface area contributed by atoms with Gasteiger partial charge in [0, 0.05) is 11.1 Å². The smallest absolute Gasteiger partial charge is 0.0718 e. The zero-order chi connectivity index (χ0) is 22.1. The van der Waals surface area contributed by atoms with Crippen LogP contribution in [0.1, 0.15) is 41.4 Å². The molecule has 0 aromatic carbocycles. The Morgan fingerprint density at radius 1 is 1.10 bits per heavy atom. The van der Waals surface area contributed by atoms with E-state index in [0.29, 0.717) is 0 Å². The molecule has 0 N–H and O–H groups in total. The molecule has 0 saturated carbocycles. The van der Waals surface area contributed by atoms with E-state index in [4.69, 9.17) is 4.98 Å². The van der Waals surface area contributed by atoms with Gasteiger partial charge in [-0.3, -0.25) is 0 Å². The van der Waals surface area contributed by atoms with E-state index in [9.17, 15) is 0 Å². The second-order valence-corrected chi connectivity index (χ2v) is 6.97. The molecule has 0 spiro atoms. The molecule has 150 valence electrons. The zero-order valence-corrected chi connectivity index (χ0v) is 18.0. The molecule has 0 saturated heterocycles. The first-order valence-electron chi connectivity index (χ1n) is 9.88. The van der Waals surface area contributed by atoms with Crippen molar-refractivity contribution in [3.05, 3.63) is 133 Å². The molecule has 0 fully saturated rings. The molecule has 0 unspecified atom stereocenters. The van der Waals surface area contributed by atoms with Gasteiger partial charge in [-0.15, -0.1) is 5.73 Å². The Morgan fingerprint density at radius 2 is 1.83 bits per heavy atom. The monoisotopic (exact) mass is 391 g/mol. The van der Waals surface area contributed by atoms with Crippen LogP contribution >= 0.6 is 0 Å². The summed E-state index contributed by atoms with van der Waals surface area (Å²) in [5, 5.41) is 0. The van der Waals surface area contributed by atoms with Crippen LogP contribution in [-0.4, -0.2) is 4.98 Å². The van der Waals surface area contributed by atoms with Crippen LogP contribution in [-0.2, 0) is 0 Å². The van der Waals surface area contributed by atoms with Crippen molar-refractivity contribution in [3.8, 4) is 0 Å². The molecule has 1 nitrogen and oxygen atoms in total. The highest BCUT2D eigenvalue weighted by Crippen LogP contribution is 2.33. The number of nitrogens with zero attached hydrogens (tertiary/aromatic N) is 1. The van der Waals surface area contributed by atoms with Crippen molar-refractivity contribution in [2.45, 2.75) is 20.3 Å². The summed E-state index contributed by atoms with van der Waals surface area (Å²) in [6.45, 7) is 24.4. The Labute approximate surface area is 181 Å². The fourth-order valence-corrected chi connectivity index (χ4v) is 3.15. The summed E-state index contributed by atoms with van der Waals surface area (Å²) in [6.07, 6.45) is 22.3. The van der Waals surface area contributed by atoms with Gasteiger partial charge in [0.1, 0.15) is 0 Å². The third-order valence-corrected chi connectivity index (χ3v) is 4.67. The minimum Gasteiger partial charge on any atom is -0.248 e. The SMILES string of the molecule is C=CC(=C)/C=C\c1nc2c(c(C)c1C(=C)C=C=CC)C(=C)C=CC/C=C\C(=C)/C=C\2. The van der Waals surface area contributed by atoms with E-state index in [1.54, 1.807) is 6.08 Å². The summed E-state index contributed by atoms with van der Waals surface area (Å²) in [4.78, 5) is 4.97. The predicted octanol–water partition coefficient (Wildman–Crippen LogP) is 7.99. The number of fused-ring (bicyclic) bond motifs is 1. The van der Waals surface area contributed by atoms with Crippen LogP contribution in [0.3, 0.4) is 0 Å². The van der Waals surface area contributed by atoms with Gasteiger partial charge in [-0.1, -0.05) is 75.4 Å². The van der Waals surface area contributed by atoms with E-state index in [2.05, 4.69) is 57.7 Å². The molecule has 2 rings (SSSR count). The number of allylic oxidation sites excluding steroid dienone is 12. The Bertz CT molecular complexity index is 1090. The maximum Gasteiger partial charge on any atom is 0.0718 e. The van der Waals surface area contributed by atoms with Crippen molar-refractivity contribution in [2.24, 2.45) is 0 Å². The third-order valence-electron chi connectivity index (χ3n) is 4.67. The second kappa shape index (κ2) is 10.8.